The van der Waals surface area contributed by atoms with Crippen molar-refractivity contribution in [2.45, 2.75) is 51.4 Å². The van der Waals surface area contributed by atoms with E-state index >= 15 is 0 Å². The monoisotopic (exact) mass is 600 g/mol. The van der Waals surface area contributed by atoms with E-state index in [0.29, 0.717) is 46.6 Å². The first kappa shape index (κ1) is 30.3. The van der Waals surface area contributed by atoms with E-state index < -0.39 is 11.8 Å². The van der Waals surface area contributed by atoms with Crippen LogP contribution in [-0.2, 0) is 5.60 Å². The molecule has 0 aliphatic carbocycles. The third-order valence-corrected chi connectivity index (χ3v) is 9.38. The fraction of sp³-hybridized carbons (Fsp3) is 0.485. The first-order chi connectivity index (χ1) is 21.1. The predicted octanol–water partition coefficient (Wildman–Crippen LogP) is 4.71. The van der Waals surface area contributed by atoms with Crippen LogP contribution < -0.4 is 20.0 Å². The molecule has 11 heteroatoms. The number of methoxy groups -OCH3 is 1. The SMILES string of the molecule is C=CCN1C(O)c2cnc(Nc3ccc(N4CCC5(CCN(C)CC5)CC4)cc3OC)nc2N1c1cccc(C(C)(C)O)n1. The first-order valence-corrected chi connectivity index (χ1v) is 15.4. The number of hydrogen-bond acceptors (Lipinski definition) is 11. The Labute approximate surface area is 259 Å². The summed E-state index contributed by atoms with van der Waals surface area (Å²) in [6.07, 6.45) is 7.39. The molecule has 1 unspecified atom stereocenters. The Kier molecular flexibility index (Phi) is 8.23. The first-order valence-electron chi connectivity index (χ1n) is 15.4. The second kappa shape index (κ2) is 12.0. The van der Waals surface area contributed by atoms with E-state index in [0.717, 1.165) is 24.5 Å². The van der Waals surface area contributed by atoms with Crippen molar-refractivity contribution in [1.82, 2.24) is 24.9 Å². The molecule has 3 aliphatic rings. The second-order valence-electron chi connectivity index (χ2n) is 12.8. The molecule has 0 radical (unpaired) electrons. The fourth-order valence-corrected chi connectivity index (χ4v) is 6.55. The Morgan fingerprint density at radius 1 is 1.09 bits per heavy atom. The summed E-state index contributed by atoms with van der Waals surface area (Å²) in [5, 5.41) is 28.5. The number of nitrogens with zero attached hydrogens (tertiary/aromatic N) is 7. The van der Waals surface area contributed by atoms with Gasteiger partial charge in [-0.25, -0.2) is 15.0 Å². The van der Waals surface area contributed by atoms with Crippen LogP contribution in [0.15, 0.2) is 55.3 Å². The van der Waals surface area contributed by atoms with Crippen LogP contribution in [0.1, 0.15) is 57.0 Å². The third kappa shape index (κ3) is 5.84. The van der Waals surface area contributed by atoms with Crippen LogP contribution in [0.3, 0.4) is 0 Å². The van der Waals surface area contributed by atoms with Crippen LogP contribution in [0.2, 0.25) is 0 Å². The standard InChI is InChI=1S/C33H44N8O3/c1-6-16-40-30(42)24-22-34-31(37-29(24)41(40)28-9-7-8-27(36-28)32(2,3)43)35-25-11-10-23(21-26(25)44-5)39-19-14-33(15-20-39)12-17-38(4)18-13-33/h6-11,21-22,30,42-43H,1,12-20H2,2-5H3,(H,34,35,37). The third-order valence-electron chi connectivity index (χ3n) is 9.38. The molecule has 0 bridgehead atoms. The molecule has 0 amide bonds. The Morgan fingerprint density at radius 2 is 1.82 bits per heavy atom. The minimum Gasteiger partial charge on any atom is -0.494 e. The van der Waals surface area contributed by atoms with Crippen LogP contribution in [0.5, 0.6) is 5.75 Å². The number of aliphatic hydroxyl groups is 2. The lowest BCUT2D eigenvalue weighted by Crippen LogP contribution is -2.46. The Morgan fingerprint density at radius 3 is 2.50 bits per heavy atom. The van der Waals surface area contributed by atoms with Gasteiger partial charge in [-0.1, -0.05) is 12.1 Å². The van der Waals surface area contributed by atoms with Gasteiger partial charge in [-0.3, -0.25) is 0 Å². The zero-order valence-corrected chi connectivity index (χ0v) is 26.2. The summed E-state index contributed by atoms with van der Waals surface area (Å²) in [4.78, 5) is 19.0. The van der Waals surface area contributed by atoms with E-state index in [1.807, 2.05) is 18.2 Å². The smallest absolute Gasteiger partial charge is 0.229 e. The molecule has 3 N–H and O–H groups in total. The average Bonchev–Trinajstić information content (AvgIpc) is 3.29. The number of ether oxygens (including phenoxy) is 1. The highest BCUT2D eigenvalue weighted by Gasteiger charge is 2.39. The highest BCUT2D eigenvalue weighted by atomic mass is 16.5. The van der Waals surface area contributed by atoms with Gasteiger partial charge in [-0.15, -0.1) is 6.58 Å². The number of benzene rings is 1. The molecule has 234 valence electrons. The maximum absolute atomic E-state index is 11.2. The maximum Gasteiger partial charge on any atom is 0.229 e. The number of hydrazine groups is 1. The van der Waals surface area contributed by atoms with Crippen LogP contribution in [0, 0.1) is 5.41 Å². The molecule has 6 rings (SSSR count). The number of piperidine rings is 2. The molecule has 44 heavy (non-hydrogen) atoms. The van der Waals surface area contributed by atoms with E-state index in [2.05, 4.69) is 45.9 Å². The molecule has 1 atom stereocenters. The number of rotatable bonds is 8. The Bertz CT molecular complexity index is 1490. The number of pyridine rings is 1. The quantitative estimate of drug-likeness (QED) is 0.313. The van der Waals surface area contributed by atoms with Gasteiger partial charge in [-0.2, -0.15) is 9.99 Å². The van der Waals surface area contributed by atoms with E-state index in [9.17, 15) is 10.2 Å². The summed E-state index contributed by atoms with van der Waals surface area (Å²) < 4.78 is 5.81. The van der Waals surface area contributed by atoms with E-state index in [-0.39, 0.29) is 0 Å². The van der Waals surface area contributed by atoms with Gasteiger partial charge in [-0.05, 0) is 89.3 Å². The predicted molar refractivity (Wildman–Crippen MR) is 172 cm³/mol. The van der Waals surface area contributed by atoms with Crippen LogP contribution >= 0.6 is 0 Å². The van der Waals surface area contributed by atoms with Gasteiger partial charge in [0.05, 0.1) is 24.1 Å². The summed E-state index contributed by atoms with van der Waals surface area (Å²) in [5.74, 6) is 2.06. The van der Waals surface area contributed by atoms with E-state index in [1.165, 1.54) is 38.8 Å². The topological polar surface area (TPSA) is 113 Å². The van der Waals surface area contributed by atoms with Crippen LogP contribution in [0.4, 0.5) is 29.0 Å². The molecule has 3 aromatic rings. The van der Waals surface area contributed by atoms with E-state index in [4.69, 9.17) is 14.7 Å². The maximum atomic E-state index is 11.2. The molecule has 3 aliphatic heterocycles. The minimum absolute atomic E-state index is 0.346. The molecule has 1 spiro atoms. The zero-order chi connectivity index (χ0) is 31.1. The van der Waals surface area contributed by atoms with Crippen molar-refractivity contribution in [3.8, 4) is 5.75 Å². The summed E-state index contributed by atoms with van der Waals surface area (Å²) in [6, 6.07) is 11.6. The number of aromatic nitrogens is 3. The van der Waals surface area contributed by atoms with Crippen LogP contribution in [-0.4, -0.2) is 82.0 Å². The van der Waals surface area contributed by atoms with Gasteiger partial charge in [0.25, 0.3) is 0 Å². The molecule has 2 fully saturated rings. The van der Waals surface area contributed by atoms with Gasteiger partial charge in [0.1, 0.15) is 17.2 Å². The van der Waals surface area contributed by atoms with Crippen molar-refractivity contribution in [3.63, 3.8) is 0 Å². The number of nitrogens with one attached hydrogen (secondary N) is 1. The van der Waals surface area contributed by atoms with Gasteiger partial charge in [0, 0.05) is 37.6 Å². The van der Waals surface area contributed by atoms with Crippen molar-refractivity contribution < 1.29 is 14.9 Å². The van der Waals surface area contributed by atoms with Gasteiger partial charge in [0.15, 0.2) is 12.0 Å². The Balaban J connectivity index is 1.24. The van der Waals surface area contributed by atoms with Gasteiger partial charge in [0.2, 0.25) is 5.95 Å². The Hall–Kier alpha value is -3.77. The highest BCUT2D eigenvalue weighted by molar-refractivity contribution is 5.70. The molecule has 2 saturated heterocycles. The van der Waals surface area contributed by atoms with Crippen LogP contribution in [0.25, 0.3) is 0 Å². The average molecular weight is 601 g/mol. The number of aliphatic hydroxyl groups excluding tert-OH is 1. The van der Waals surface area contributed by atoms with Crippen molar-refractivity contribution in [3.05, 3.63) is 66.5 Å². The lowest BCUT2D eigenvalue weighted by atomic mass is 9.71. The van der Waals surface area contributed by atoms with Crippen molar-refractivity contribution >= 4 is 29.0 Å². The molecule has 1 aromatic carbocycles. The highest BCUT2D eigenvalue weighted by Crippen LogP contribution is 2.44. The molecule has 5 heterocycles. The zero-order valence-electron chi connectivity index (χ0n) is 26.2. The number of fused-ring (bicyclic) bond motifs is 1. The van der Waals surface area contributed by atoms with Crippen molar-refractivity contribution in [1.29, 1.82) is 0 Å². The molecular weight excluding hydrogens is 556 g/mol. The van der Waals surface area contributed by atoms with Crippen molar-refractivity contribution in [2.24, 2.45) is 5.41 Å². The van der Waals surface area contributed by atoms with Gasteiger partial charge < -0.3 is 30.1 Å². The summed E-state index contributed by atoms with van der Waals surface area (Å²) in [5.41, 5.74) is 2.30. The van der Waals surface area contributed by atoms with E-state index in [1.54, 1.807) is 49.3 Å². The lowest BCUT2D eigenvalue weighted by molar-refractivity contribution is 0.0244. The molecular formula is C33H44N8O3. The number of likely N-dealkylation sites (tertiary alicyclic amines) is 1. The minimum atomic E-state index is -1.13. The summed E-state index contributed by atoms with van der Waals surface area (Å²) in [7, 11) is 3.90. The second-order valence-corrected chi connectivity index (χ2v) is 12.8. The number of hydrogen-bond donors (Lipinski definition) is 3. The molecule has 11 nitrogen and oxygen atoms in total. The summed E-state index contributed by atoms with van der Waals surface area (Å²) in [6.45, 7) is 12.1. The molecule has 2 aromatic heterocycles. The largest absolute Gasteiger partial charge is 0.494 e. The lowest BCUT2D eigenvalue weighted by Gasteiger charge is -2.47. The number of anilines is 5. The van der Waals surface area contributed by atoms with Gasteiger partial charge >= 0.3 is 0 Å². The van der Waals surface area contributed by atoms with Crippen molar-refractivity contribution in [2.75, 3.05) is 62.1 Å². The fourth-order valence-electron chi connectivity index (χ4n) is 6.55. The molecule has 0 saturated carbocycles. The normalized spacial score (nSPS) is 20.5. The summed E-state index contributed by atoms with van der Waals surface area (Å²) >= 11 is 0.